The van der Waals surface area contributed by atoms with Gasteiger partial charge < -0.3 is 4.90 Å². The standard InChI is InChI=1S/C4H8N2O/c7-4-6-2-1-5-3-6/h4-5H,1-3H2. The van der Waals surface area contributed by atoms with Crippen LogP contribution in [0.1, 0.15) is 0 Å². The summed E-state index contributed by atoms with van der Waals surface area (Å²) in [4.78, 5) is 11.6. The molecule has 1 rings (SSSR count). The van der Waals surface area contributed by atoms with Crippen LogP contribution >= 0.6 is 0 Å². The summed E-state index contributed by atoms with van der Waals surface area (Å²) >= 11 is 0. The number of nitrogens with zero attached hydrogens (tertiary/aromatic N) is 1. The number of hydrogen-bond acceptors (Lipinski definition) is 2. The van der Waals surface area contributed by atoms with Crippen molar-refractivity contribution >= 4 is 6.41 Å². The molecule has 1 amide bonds. The molecule has 1 heterocycles. The molecule has 3 nitrogen and oxygen atoms in total. The Kier molecular flexibility index (Phi) is 1.26. The van der Waals surface area contributed by atoms with Gasteiger partial charge in [0.1, 0.15) is 0 Å². The highest BCUT2D eigenvalue weighted by atomic mass is 16.1. The predicted octanol–water partition coefficient (Wildman–Crippen LogP) is -0.995. The number of amides is 1. The van der Waals surface area contributed by atoms with E-state index in [2.05, 4.69) is 5.32 Å². The Balaban J connectivity index is 2.26. The number of hydrogen-bond donors (Lipinski definition) is 1. The van der Waals surface area contributed by atoms with Gasteiger partial charge in [-0.25, -0.2) is 0 Å². The zero-order chi connectivity index (χ0) is 5.11. The van der Waals surface area contributed by atoms with E-state index in [0.29, 0.717) is 0 Å². The van der Waals surface area contributed by atoms with E-state index in [-0.39, 0.29) is 0 Å². The van der Waals surface area contributed by atoms with Gasteiger partial charge in [-0.3, -0.25) is 10.1 Å². The molecule has 0 aromatic carbocycles. The summed E-state index contributed by atoms with van der Waals surface area (Å²) in [6.45, 7) is 2.53. The molecule has 0 aromatic rings. The maximum atomic E-state index is 9.89. The second-order valence-corrected chi connectivity index (χ2v) is 1.58. The Morgan fingerprint density at radius 2 is 2.57 bits per heavy atom. The van der Waals surface area contributed by atoms with Crippen molar-refractivity contribution in [2.24, 2.45) is 0 Å². The van der Waals surface area contributed by atoms with Crippen LogP contribution in [0.4, 0.5) is 0 Å². The van der Waals surface area contributed by atoms with E-state index in [0.717, 1.165) is 26.2 Å². The van der Waals surface area contributed by atoms with Crippen molar-refractivity contribution in [2.45, 2.75) is 0 Å². The maximum Gasteiger partial charge on any atom is 0.210 e. The average molecular weight is 100 g/mol. The third-order valence-electron chi connectivity index (χ3n) is 1.04. The molecule has 1 fully saturated rings. The van der Waals surface area contributed by atoms with Crippen molar-refractivity contribution < 1.29 is 4.79 Å². The fourth-order valence-electron chi connectivity index (χ4n) is 0.614. The van der Waals surface area contributed by atoms with Crippen LogP contribution in [0, 0.1) is 0 Å². The summed E-state index contributed by atoms with van der Waals surface area (Å²) in [5.74, 6) is 0. The maximum absolute atomic E-state index is 9.89. The highest BCUT2D eigenvalue weighted by Gasteiger charge is 2.05. The predicted molar refractivity (Wildman–Crippen MR) is 25.6 cm³/mol. The lowest BCUT2D eigenvalue weighted by molar-refractivity contribution is -0.117. The van der Waals surface area contributed by atoms with Gasteiger partial charge >= 0.3 is 0 Å². The molecule has 1 aliphatic rings. The summed E-state index contributed by atoms with van der Waals surface area (Å²) in [5, 5.41) is 3.02. The molecule has 0 aliphatic carbocycles. The zero-order valence-electron chi connectivity index (χ0n) is 4.05. The summed E-state index contributed by atoms with van der Waals surface area (Å²) in [5.41, 5.74) is 0. The Morgan fingerprint density at radius 3 is 2.86 bits per heavy atom. The van der Waals surface area contributed by atoms with Crippen molar-refractivity contribution in [1.29, 1.82) is 0 Å². The highest BCUT2D eigenvalue weighted by molar-refractivity contribution is 5.47. The van der Waals surface area contributed by atoms with Crippen molar-refractivity contribution in [3.8, 4) is 0 Å². The van der Waals surface area contributed by atoms with E-state index in [9.17, 15) is 4.79 Å². The summed E-state index contributed by atoms with van der Waals surface area (Å²) in [7, 11) is 0. The molecule has 7 heavy (non-hydrogen) atoms. The SMILES string of the molecule is O=CN1CCNC1. The van der Waals surface area contributed by atoms with Crippen LogP contribution in [-0.4, -0.2) is 31.1 Å². The fraction of sp³-hybridized carbons (Fsp3) is 0.750. The highest BCUT2D eigenvalue weighted by Crippen LogP contribution is 1.83. The molecule has 0 spiro atoms. The van der Waals surface area contributed by atoms with E-state index in [1.807, 2.05) is 0 Å². The smallest absolute Gasteiger partial charge is 0.210 e. The largest absolute Gasteiger partial charge is 0.331 e. The first-order valence-electron chi connectivity index (χ1n) is 2.33. The topological polar surface area (TPSA) is 32.3 Å². The van der Waals surface area contributed by atoms with Crippen molar-refractivity contribution in [3.63, 3.8) is 0 Å². The molecule has 0 unspecified atom stereocenters. The molecule has 40 valence electrons. The third-order valence-corrected chi connectivity index (χ3v) is 1.04. The van der Waals surface area contributed by atoms with Crippen molar-refractivity contribution in [2.75, 3.05) is 19.8 Å². The number of carbonyl (C=O) groups excluding carboxylic acids is 1. The molecule has 0 aromatic heterocycles. The number of rotatable bonds is 1. The Hall–Kier alpha value is -0.570. The molecule has 3 heteroatoms. The van der Waals surface area contributed by atoms with Gasteiger partial charge in [0.15, 0.2) is 0 Å². The minimum absolute atomic E-state index is 0.726. The van der Waals surface area contributed by atoms with Crippen LogP contribution in [0.25, 0.3) is 0 Å². The van der Waals surface area contributed by atoms with Gasteiger partial charge in [0, 0.05) is 13.1 Å². The van der Waals surface area contributed by atoms with E-state index in [4.69, 9.17) is 0 Å². The fourth-order valence-corrected chi connectivity index (χ4v) is 0.614. The van der Waals surface area contributed by atoms with E-state index >= 15 is 0 Å². The molecule has 0 bridgehead atoms. The monoisotopic (exact) mass is 100 g/mol. The lowest BCUT2D eigenvalue weighted by Crippen LogP contribution is -2.19. The van der Waals surface area contributed by atoms with Crippen LogP contribution in [0.15, 0.2) is 0 Å². The second kappa shape index (κ2) is 1.93. The summed E-state index contributed by atoms with van der Waals surface area (Å²) in [6, 6.07) is 0. The molecular weight excluding hydrogens is 92.1 g/mol. The summed E-state index contributed by atoms with van der Waals surface area (Å²) < 4.78 is 0. The molecule has 1 saturated heterocycles. The van der Waals surface area contributed by atoms with Crippen LogP contribution < -0.4 is 5.32 Å². The van der Waals surface area contributed by atoms with E-state index in [1.54, 1.807) is 4.90 Å². The van der Waals surface area contributed by atoms with Crippen LogP contribution in [0.3, 0.4) is 0 Å². The van der Waals surface area contributed by atoms with Gasteiger partial charge in [0.05, 0.1) is 6.67 Å². The molecule has 0 radical (unpaired) electrons. The Labute approximate surface area is 42.3 Å². The first-order chi connectivity index (χ1) is 3.43. The number of nitrogens with one attached hydrogen (secondary N) is 1. The quantitative estimate of drug-likeness (QED) is 0.429. The van der Waals surface area contributed by atoms with Crippen LogP contribution in [0.5, 0.6) is 0 Å². The first-order valence-corrected chi connectivity index (χ1v) is 2.33. The summed E-state index contributed by atoms with van der Waals surface area (Å²) in [6.07, 6.45) is 0.861. The van der Waals surface area contributed by atoms with E-state index < -0.39 is 0 Å². The van der Waals surface area contributed by atoms with Crippen molar-refractivity contribution in [3.05, 3.63) is 0 Å². The second-order valence-electron chi connectivity index (χ2n) is 1.58. The third kappa shape index (κ3) is 0.899. The zero-order valence-corrected chi connectivity index (χ0v) is 4.05. The first kappa shape index (κ1) is 4.59. The lowest BCUT2D eigenvalue weighted by Gasteiger charge is -2.01. The minimum atomic E-state index is 0.726. The number of carbonyl (C=O) groups is 1. The molecule has 0 atom stereocenters. The van der Waals surface area contributed by atoms with Gasteiger partial charge in [0.2, 0.25) is 6.41 Å². The van der Waals surface area contributed by atoms with Gasteiger partial charge in [-0.2, -0.15) is 0 Å². The van der Waals surface area contributed by atoms with Gasteiger partial charge in [-0.15, -0.1) is 0 Å². The lowest BCUT2D eigenvalue weighted by atomic mass is 10.7. The van der Waals surface area contributed by atoms with Crippen LogP contribution in [-0.2, 0) is 4.79 Å². The minimum Gasteiger partial charge on any atom is -0.331 e. The van der Waals surface area contributed by atoms with Gasteiger partial charge in [0.25, 0.3) is 0 Å². The Bertz CT molecular complexity index is 68.1. The molecule has 1 aliphatic heterocycles. The average Bonchev–Trinajstić information content (AvgIpc) is 2.14. The molecule has 1 N–H and O–H groups in total. The normalized spacial score (nSPS) is 20.3. The molecular formula is C4H8N2O. The molecule has 0 saturated carbocycles. The van der Waals surface area contributed by atoms with Crippen LogP contribution in [0.2, 0.25) is 0 Å². The van der Waals surface area contributed by atoms with Gasteiger partial charge in [-0.1, -0.05) is 0 Å². The van der Waals surface area contributed by atoms with E-state index in [1.165, 1.54) is 0 Å². The Morgan fingerprint density at radius 1 is 1.71 bits per heavy atom. The van der Waals surface area contributed by atoms with Gasteiger partial charge in [-0.05, 0) is 0 Å². The van der Waals surface area contributed by atoms with Crippen molar-refractivity contribution in [1.82, 2.24) is 10.2 Å².